The minimum atomic E-state index is -4.63. The van der Waals surface area contributed by atoms with Gasteiger partial charge in [0.2, 0.25) is 0 Å². The molecule has 0 bridgehead atoms. The topological polar surface area (TPSA) is 111 Å². The van der Waals surface area contributed by atoms with Crippen LogP contribution in [0.2, 0.25) is 0 Å². The van der Waals surface area contributed by atoms with Crippen LogP contribution in [-0.2, 0) is 32.7 Å². The van der Waals surface area contributed by atoms with E-state index in [4.69, 9.17) is 18.5 Å². The van der Waals surface area contributed by atoms with Crippen LogP contribution < -0.4 is 4.89 Å². The van der Waals surface area contributed by atoms with Crippen molar-refractivity contribution in [2.24, 2.45) is 0 Å². The highest BCUT2D eigenvalue weighted by Crippen LogP contribution is 2.38. The number of nitrogens with zero attached hydrogens (tertiary/aromatic N) is 1. The fourth-order valence-electron chi connectivity index (χ4n) is 5.58. The SMILES string of the molecule is CC/C=C\C/C=C\C/C=C\CCCCCCCCCC(=O)OC(COC(=O)CCCCCCC/C=C\C/C=C\CCCCC)COP(=O)([O-])OCC[N+](C)(C)C. The lowest BCUT2D eigenvalue weighted by atomic mass is 10.1. The Morgan fingerprint density at radius 2 is 1.02 bits per heavy atom. The molecule has 0 radical (unpaired) electrons. The molecule has 0 fully saturated rings. The molecular formula is C46H82NO8P. The first-order valence-corrected chi connectivity index (χ1v) is 23.5. The third kappa shape index (κ3) is 41.3. The molecule has 0 N–H and O–H groups in total. The normalized spacial score (nSPS) is 14.2. The minimum absolute atomic E-state index is 0.0379. The molecular weight excluding hydrogens is 725 g/mol. The van der Waals surface area contributed by atoms with Crippen molar-refractivity contribution in [3.63, 3.8) is 0 Å². The van der Waals surface area contributed by atoms with Gasteiger partial charge in [-0.05, 0) is 77.0 Å². The number of phosphoric ester groups is 1. The number of ether oxygens (including phenoxy) is 2. The molecule has 0 aromatic rings. The lowest BCUT2D eigenvalue weighted by Crippen LogP contribution is -2.37. The van der Waals surface area contributed by atoms with Crippen molar-refractivity contribution in [3.05, 3.63) is 60.8 Å². The van der Waals surface area contributed by atoms with Crippen molar-refractivity contribution in [2.45, 2.75) is 174 Å². The number of rotatable bonds is 39. The smallest absolute Gasteiger partial charge is 0.306 e. The predicted octanol–water partition coefficient (Wildman–Crippen LogP) is 11.8. The number of esters is 2. The van der Waals surface area contributed by atoms with E-state index in [-0.39, 0.29) is 26.1 Å². The molecule has 0 aliphatic carbocycles. The molecule has 0 rings (SSSR count). The summed E-state index contributed by atoms with van der Waals surface area (Å²) in [5.74, 6) is -0.866. The van der Waals surface area contributed by atoms with Crippen molar-refractivity contribution < 1.29 is 42.1 Å². The van der Waals surface area contributed by atoms with Gasteiger partial charge in [0.25, 0.3) is 7.82 Å². The molecule has 2 atom stereocenters. The monoisotopic (exact) mass is 808 g/mol. The Kier molecular flexibility index (Phi) is 36.7. The molecule has 0 heterocycles. The lowest BCUT2D eigenvalue weighted by Gasteiger charge is -2.28. The second-order valence-corrected chi connectivity index (χ2v) is 17.1. The number of unbranched alkanes of at least 4 members (excludes halogenated alkanes) is 15. The summed E-state index contributed by atoms with van der Waals surface area (Å²) in [5.41, 5.74) is 0. The van der Waals surface area contributed by atoms with E-state index in [1.54, 1.807) is 0 Å². The zero-order valence-corrected chi connectivity index (χ0v) is 37.2. The largest absolute Gasteiger partial charge is 0.756 e. The zero-order valence-electron chi connectivity index (χ0n) is 36.3. The minimum Gasteiger partial charge on any atom is -0.756 e. The highest BCUT2D eigenvalue weighted by atomic mass is 31.2. The van der Waals surface area contributed by atoms with Crippen LogP contribution in [0.5, 0.6) is 0 Å². The Morgan fingerprint density at radius 1 is 0.571 bits per heavy atom. The van der Waals surface area contributed by atoms with Crippen LogP contribution in [0.15, 0.2) is 60.8 Å². The fraction of sp³-hybridized carbons (Fsp3) is 0.739. The Hall–Kier alpha value is -2.29. The first-order valence-electron chi connectivity index (χ1n) is 22.0. The van der Waals surface area contributed by atoms with E-state index in [1.165, 1.54) is 44.9 Å². The van der Waals surface area contributed by atoms with E-state index in [0.29, 0.717) is 23.9 Å². The number of quaternary nitrogens is 1. The summed E-state index contributed by atoms with van der Waals surface area (Å²) in [7, 11) is 1.14. The van der Waals surface area contributed by atoms with Crippen molar-refractivity contribution in [2.75, 3.05) is 47.5 Å². The Balaban J connectivity index is 4.41. The number of carbonyl (C=O) groups excluding carboxylic acids is 2. The summed E-state index contributed by atoms with van der Waals surface area (Å²) in [6, 6.07) is 0. The van der Waals surface area contributed by atoms with E-state index in [0.717, 1.165) is 83.5 Å². The summed E-state index contributed by atoms with van der Waals surface area (Å²) < 4.78 is 33.9. The zero-order chi connectivity index (χ0) is 41.4. The van der Waals surface area contributed by atoms with Gasteiger partial charge in [0.05, 0.1) is 27.7 Å². The van der Waals surface area contributed by atoms with Gasteiger partial charge >= 0.3 is 11.9 Å². The Bertz CT molecular complexity index is 1140. The van der Waals surface area contributed by atoms with Crippen LogP contribution in [-0.4, -0.2) is 70.0 Å². The van der Waals surface area contributed by atoms with Crippen LogP contribution in [0, 0.1) is 0 Å². The van der Waals surface area contributed by atoms with Gasteiger partial charge in [-0.1, -0.05) is 139 Å². The van der Waals surface area contributed by atoms with Gasteiger partial charge in [-0.25, -0.2) is 0 Å². The van der Waals surface area contributed by atoms with Gasteiger partial charge in [-0.3, -0.25) is 14.2 Å². The lowest BCUT2D eigenvalue weighted by molar-refractivity contribution is -0.870. The van der Waals surface area contributed by atoms with E-state index in [2.05, 4.69) is 74.6 Å². The predicted molar refractivity (Wildman–Crippen MR) is 231 cm³/mol. The van der Waals surface area contributed by atoms with Crippen LogP contribution in [0.25, 0.3) is 0 Å². The molecule has 56 heavy (non-hydrogen) atoms. The quantitative estimate of drug-likeness (QED) is 0.0198. The first kappa shape index (κ1) is 53.7. The maximum absolute atomic E-state index is 12.7. The molecule has 10 heteroatoms. The summed E-state index contributed by atoms with van der Waals surface area (Å²) in [4.78, 5) is 37.5. The standard InChI is InChI=1S/C46H82NO8P/c1-6-8-10-12-14-16-18-20-22-23-25-27-29-31-33-35-37-39-46(49)55-44(43-54-56(50,51)53-41-40-47(3,4)5)42-52-45(48)38-36-34-32-30-28-26-24-21-19-17-15-13-11-9-7-2/h8,10,14-17,20-22,24,44H,6-7,9,11-13,18-19,23,25-43H2,1-5H3/b10-8-,16-14-,17-15-,22-20-,24-21-. The Morgan fingerprint density at radius 3 is 1.52 bits per heavy atom. The van der Waals surface area contributed by atoms with Crippen LogP contribution in [0.4, 0.5) is 0 Å². The van der Waals surface area contributed by atoms with Crippen molar-refractivity contribution >= 4 is 19.8 Å². The van der Waals surface area contributed by atoms with Crippen molar-refractivity contribution in [1.82, 2.24) is 0 Å². The number of carbonyl (C=O) groups is 2. The van der Waals surface area contributed by atoms with Gasteiger partial charge in [0.1, 0.15) is 19.8 Å². The van der Waals surface area contributed by atoms with E-state index < -0.39 is 32.5 Å². The Labute approximate surface area is 343 Å². The van der Waals surface area contributed by atoms with Gasteiger partial charge in [-0.15, -0.1) is 0 Å². The molecule has 324 valence electrons. The molecule has 0 aromatic heterocycles. The maximum Gasteiger partial charge on any atom is 0.306 e. The molecule has 0 aliphatic heterocycles. The average molecular weight is 808 g/mol. The maximum atomic E-state index is 12.7. The van der Waals surface area contributed by atoms with E-state index >= 15 is 0 Å². The summed E-state index contributed by atoms with van der Waals surface area (Å²) >= 11 is 0. The molecule has 9 nitrogen and oxygen atoms in total. The molecule has 0 amide bonds. The number of phosphoric acid groups is 1. The highest BCUT2D eigenvalue weighted by Gasteiger charge is 2.21. The highest BCUT2D eigenvalue weighted by molar-refractivity contribution is 7.45. The molecule has 0 saturated carbocycles. The van der Waals surface area contributed by atoms with Crippen LogP contribution in [0.3, 0.4) is 0 Å². The molecule has 2 unspecified atom stereocenters. The second-order valence-electron chi connectivity index (χ2n) is 15.7. The molecule has 0 spiro atoms. The molecule has 0 aliphatic rings. The van der Waals surface area contributed by atoms with Gasteiger partial charge < -0.3 is 27.9 Å². The second kappa shape index (κ2) is 38.2. The van der Waals surface area contributed by atoms with Crippen LogP contribution >= 0.6 is 7.82 Å². The number of likely N-dealkylation sites (N-methyl/N-ethyl adjacent to an activating group) is 1. The van der Waals surface area contributed by atoms with Crippen molar-refractivity contribution in [3.8, 4) is 0 Å². The number of allylic oxidation sites excluding steroid dienone is 10. The van der Waals surface area contributed by atoms with Gasteiger partial charge in [0, 0.05) is 12.8 Å². The summed E-state index contributed by atoms with van der Waals surface area (Å²) in [6.07, 6.45) is 45.2. The average Bonchev–Trinajstić information content (AvgIpc) is 3.15. The molecule has 0 aromatic carbocycles. The van der Waals surface area contributed by atoms with Gasteiger partial charge in [-0.2, -0.15) is 0 Å². The number of hydrogen-bond acceptors (Lipinski definition) is 8. The molecule has 0 saturated heterocycles. The van der Waals surface area contributed by atoms with E-state index in [1.807, 2.05) is 21.1 Å². The van der Waals surface area contributed by atoms with Gasteiger partial charge in [0.15, 0.2) is 6.10 Å². The van der Waals surface area contributed by atoms with Crippen LogP contribution in [0.1, 0.15) is 168 Å². The third-order valence-electron chi connectivity index (χ3n) is 9.02. The summed E-state index contributed by atoms with van der Waals surface area (Å²) in [5, 5.41) is 0. The number of hydrogen-bond donors (Lipinski definition) is 0. The fourth-order valence-corrected chi connectivity index (χ4v) is 6.31. The summed E-state index contributed by atoms with van der Waals surface area (Å²) in [6.45, 7) is 4.05. The first-order chi connectivity index (χ1) is 27.0. The third-order valence-corrected chi connectivity index (χ3v) is 9.99. The van der Waals surface area contributed by atoms with E-state index in [9.17, 15) is 19.0 Å². The van der Waals surface area contributed by atoms with Crippen molar-refractivity contribution in [1.29, 1.82) is 0 Å².